The molecule has 1 aliphatic heterocycles. The molecule has 160 valence electrons. The molecule has 1 heterocycles. The van der Waals surface area contributed by atoms with Crippen LogP contribution in [0.2, 0.25) is 0 Å². The first-order valence-electron chi connectivity index (χ1n) is 9.99. The molecule has 30 heavy (non-hydrogen) atoms. The van der Waals surface area contributed by atoms with Gasteiger partial charge in [0.25, 0.3) is 5.91 Å². The summed E-state index contributed by atoms with van der Waals surface area (Å²) in [5.74, 6) is -1.18. The summed E-state index contributed by atoms with van der Waals surface area (Å²) in [5.41, 5.74) is 1.03. The van der Waals surface area contributed by atoms with Gasteiger partial charge in [0, 0.05) is 13.1 Å². The van der Waals surface area contributed by atoms with Gasteiger partial charge in [-0.25, -0.2) is 13.2 Å². The van der Waals surface area contributed by atoms with E-state index in [4.69, 9.17) is 4.74 Å². The second kappa shape index (κ2) is 9.86. The monoisotopic (exact) mass is 430 g/mol. The van der Waals surface area contributed by atoms with Crippen LogP contribution in [0.1, 0.15) is 48.1 Å². The second-order valence-corrected chi connectivity index (χ2v) is 9.21. The second-order valence-electron chi connectivity index (χ2n) is 7.27. The van der Waals surface area contributed by atoms with E-state index in [0.717, 1.165) is 24.8 Å². The van der Waals surface area contributed by atoms with E-state index in [0.29, 0.717) is 13.1 Å². The molecule has 0 aromatic heterocycles. The van der Waals surface area contributed by atoms with E-state index < -0.39 is 28.5 Å². The minimum atomic E-state index is -3.65. The van der Waals surface area contributed by atoms with Crippen LogP contribution in [-0.2, 0) is 19.6 Å². The molecule has 1 aliphatic rings. The average molecular weight is 431 g/mol. The number of carbonyl (C=O) groups excluding carboxylic acids is 2. The quantitative estimate of drug-likeness (QED) is 0.682. The van der Waals surface area contributed by atoms with E-state index in [9.17, 15) is 18.0 Å². The maximum atomic E-state index is 12.8. The summed E-state index contributed by atoms with van der Waals surface area (Å²) in [4.78, 5) is 24.5. The first-order chi connectivity index (χ1) is 14.4. The number of rotatable bonds is 7. The first kappa shape index (κ1) is 22.0. The minimum Gasteiger partial charge on any atom is -0.452 e. The number of benzene rings is 2. The molecular weight excluding hydrogens is 404 g/mol. The number of hydrogen-bond acceptors (Lipinski definition) is 5. The smallest absolute Gasteiger partial charge is 0.338 e. The molecule has 0 saturated carbocycles. The molecule has 1 unspecified atom stereocenters. The topological polar surface area (TPSA) is 92.8 Å². The number of amides is 1. The van der Waals surface area contributed by atoms with Gasteiger partial charge in [-0.3, -0.25) is 4.79 Å². The fourth-order valence-corrected chi connectivity index (χ4v) is 4.92. The molecule has 0 spiro atoms. The Morgan fingerprint density at radius 2 is 1.73 bits per heavy atom. The van der Waals surface area contributed by atoms with E-state index in [2.05, 4.69) is 5.32 Å². The van der Waals surface area contributed by atoms with Crippen molar-refractivity contribution >= 4 is 21.9 Å². The highest BCUT2D eigenvalue weighted by Crippen LogP contribution is 2.21. The van der Waals surface area contributed by atoms with Crippen LogP contribution >= 0.6 is 0 Å². The van der Waals surface area contributed by atoms with Gasteiger partial charge in [0.2, 0.25) is 10.0 Å². The van der Waals surface area contributed by atoms with E-state index in [-0.39, 0.29) is 16.5 Å². The Labute approximate surface area is 177 Å². The molecule has 0 bridgehead atoms. The van der Waals surface area contributed by atoms with Gasteiger partial charge in [0.15, 0.2) is 6.61 Å². The Morgan fingerprint density at radius 1 is 1.03 bits per heavy atom. The van der Waals surface area contributed by atoms with Crippen molar-refractivity contribution in [1.29, 1.82) is 0 Å². The zero-order chi connectivity index (χ0) is 21.6. The molecule has 1 atom stereocenters. The predicted octanol–water partition coefficient (Wildman–Crippen LogP) is 2.90. The van der Waals surface area contributed by atoms with Crippen molar-refractivity contribution in [3.05, 3.63) is 65.7 Å². The fourth-order valence-electron chi connectivity index (χ4n) is 3.36. The molecular formula is C22H26N2O5S. The molecule has 1 amide bonds. The van der Waals surface area contributed by atoms with Crippen LogP contribution in [0.15, 0.2) is 59.5 Å². The van der Waals surface area contributed by atoms with Gasteiger partial charge in [-0.2, -0.15) is 4.31 Å². The van der Waals surface area contributed by atoms with Gasteiger partial charge in [0.05, 0.1) is 16.5 Å². The van der Waals surface area contributed by atoms with Crippen LogP contribution in [0, 0.1) is 0 Å². The van der Waals surface area contributed by atoms with Crippen LogP contribution in [-0.4, -0.2) is 44.3 Å². The van der Waals surface area contributed by atoms with Crippen LogP contribution in [0.3, 0.4) is 0 Å². The van der Waals surface area contributed by atoms with Gasteiger partial charge in [-0.15, -0.1) is 0 Å². The third kappa shape index (κ3) is 5.46. The van der Waals surface area contributed by atoms with Crippen LogP contribution in [0.5, 0.6) is 0 Å². The van der Waals surface area contributed by atoms with Gasteiger partial charge in [0.1, 0.15) is 0 Å². The zero-order valence-corrected chi connectivity index (χ0v) is 17.7. The standard InChI is InChI=1S/C22H26N2O5S/c1-17(18-9-4-2-5-10-18)23-21(25)16-29-22(26)19-11-8-12-20(15-19)30(27,28)24-13-6-3-7-14-24/h2,4-5,8-12,15,17H,3,6-7,13-14,16H2,1H3,(H,23,25). The maximum Gasteiger partial charge on any atom is 0.338 e. The summed E-state index contributed by atoms with van der Waals surface area (Å²) in [7, 11) is -3.65. The molecule has 2 aromatic rings. The Hall–Kier alpha value is -2.71. The highest BCUT2D eigenvalue weighted by molar-refractivity contribution is 7.89. The summed E-state index contributed by atoms with van der Waals surface area (Å²) >= 11 is 0. The number of esters is 1. The zero-order valence-electron chi connectivity index (χ0n) is 16.9. The van der Waals surface area contributed by atoms with Gasteiger partial charge >= 0.3 is 5.97 Å². The molecule has 1 N–H and O–H groups in total. The number of hydrogen-bond donors (Lipinski definition) is 1. The number of nitrogens with one attached hydrogen (secondary N) is 1. The third-order valence-corrected chi connectivity index (χ3v) is 6.93. The molecule has 0 radical (unpaired) electrons. The van der Waals surface area contributed by atoms with Gasteiger partial charge in [-0.05, 0) is 43.5 Å². The van der Waals surface area contributed by atoms with Crippen molar-refractivity contribution in [2.45, 2.75) is 37.1 Å². The number of piperidine rings is 1. The van der Waals surface area contributed by atoms with Crippen molar-refractivity contribution in [1.82, 2.24) is 9.62 Å². The van der Waals surface area contributed by atoms with Crippen molar-refractivity contribution in [2.75, 3.05) is 19.7 Å². The van der Waals surface area contributed by atoms with Gasteiger partial charge < -0.3 is 10.1 Å². The highest BCUT2D eigenvalue weighted by atomic mass is 32.2. The third-order valence-electron chi connectivity index (χ3n) is 5.03. The minimum absolute atomic E-state index is 0.0565. The van der Waals surface area contributed by atoms with Crippen LogP contribution in [0.4, 0.5) is 0 Å². The summed E-state index contributed by atoms with van der Waals surface area (Å²) in [6.07, 6.45) is 2.68. The van der Waals surface area contributed by atoms with E-state index in [1.165, 1.54) is 28.6 Å². The SMILES string of the molecule is CC(NC(=O)COC(=O)c1cccc(S(=O)(=O)N2CCCCC2)c1)c1ccccc1. The maximum absolute atomic E-state index is 12.8. The molecule has 2 aromatic carbocycles. The first-order valence-corrected chi connectivity index (χ1v) is 11.4. The Balaban J connectivity index is 1.59. The number of nitrogens with zero attached hydrogens (tertiary/aromatic N) is 1. The largest absolute Gasteiger partial charge is 0.452 e. The lowest BCUT2D eigenvalue weighted by Gasteiger charge is -2.25. The number of ether oxygens (including phenoxy) is 1. The van der Waals surface area contributed by atoms with E-state index in [1.54, 1.807) is 0 Å². The number of sulfonamides is 1. The molecule has 7 nitrogen and oxygen atoms in total. The molecule has 1 saturated heterocycles. The lowest BCUT2D eigenvalue weighted by atomic mass is 10.1. The van der Waals surface area contributed by atoms with Crippen molar-refractivity contribution in [3.63, 3.8) is 0 Å². The van der Waals surface area contributed by atoms with E-state index >= 15 is 0 Å². The molecule has 3 rings (SSSR count). The fraction of sp³-hybridized carbons (Fsp3) is 0.364. The van der Waals surface area contributed by atoms with Gasteiger partial charge in [-0.1, -0.05) is 42.8 Å². The van der Waals surface area contributed by atoms with Crippen LogP contribution < -0.4 is 5.32 Å². The Morgan fingerprint density at radius 3 is 2.43 bits per heavy atom. The summed E-state index contributed by atoms with van der Waals surface area (Å²) in [5, 5.41) is 2.76. The van der Waals surface area contributed by atoms with E-state index in [1.807, 2.05) is 37.3 Å². The normalized spacial score (nSPS) is 15.9. The molecule has 1 fully saturated rings. The molecule has 0 aliphatic carbocycles. The molecule has 8 heteroatoms. The lowest BCUT2D eigenvalue weighted by molar-refractivity contribution is -0.124. The van der Waals surface area contributed by atoms with Crippen LogP contribution in [0.25, 0.3) is 0 Å². The Kier molecular flexibility index (Phi) is 7.23. The summed E-state index contributed by atoms with van der Waals surface area (Å²) in [6, 6.07) is 15.0. The van der Waals surface area contributed by atoms with Crippen molar-refractivity contribution in [3.8, 4) is 0 Å². The Bertz CT molecular complexity index is 986. The summed E-state index contributed by atoms with van der Waals surface area (Å²) < 4.78 is 32.1. The lowest BCUT2D eigenvalue weighted by Crippen LogP contribution is -2.35. The predicted molar refractivity (Wildman–Crippen MR) is 112 cm³/mol. The average Bonchev–Trinajstić information content (AvgIpc) is 2.78. The number of carbonyl (C=O) groups is 2. The highest BCUT2D eigenvalue weighted by Gasteiger charge is 2.26. The van der Waals surface area contributed by atoms with Crippen molar-refractivity contribution < 1.29 is 22.7 Å². The summed E-state index contributed by atoms with van der Waals surface area (Å²) in [6.45, 7) is 2.36. The van der Waals surface area contributed by atoms with Crippen molar-refractivity contribution in [2.24, 2.45) is 0 Å².